The normalized spacial score (nSPS) is 12.0. The fourth-order valence-electron chi connectivity index (χ4n) is 9.83. The average Bonchev–Trinajstić information content (AvgIpc) is 4.05. The Morgan fingerprint density at radius 2 is 0.750 bits per heavy atom. The van der Waals surface area contributed by atoms with Crippen LogP contribution in [0.1, 0.15) is 0 Å². The van der Waals surface area contributed by atoms with Crippen LogP contribution in [0.25, 0.3) is 116 Å². The van der Waals surface area contributed by atoms with E-state index in [2.05, 4.69) is 220 Å². The third kappa shape index (κ3) is 4.73. The number of nitrogens with zero attached hydrogens (tertiary/aromatic N) is 3. The van der Waals surface area contributed by atoms with E-state index < -0.39 is 0 Å². The highest BCUT2D eigenvalue weighted by Gasteiger charge is 2.22. The molecule has 13 aromatic rings. The van der Waals surface area contributed by atoms with Gasteiger partial charge in [-0.05, 0) is 107 Å². The second-order valence-corrected chi connectivity index (χ2v) is 15.7. The summed E-state index contributed by atoms with van der Waals surface area (Å²) in [5, 5.41) is 8.45. The quantitative estimate of drug-likeness (QED) is 0.171. The lowest BCUT2D eigenvalue weighted by Crippen LogP contribution is -1.94. The number of fused-ring (bicyclic) bond motifs is 11. The molecule has 0 aliphatic rings. The summed E-state index contributed by atoms with van der Waals surface area (Å²) in [6.45, 7) is 0. The van der Waals surface area contributed by atoms with Crippen LogP contribution in [0, 0.1) is 0 Å². The monoisotopic (exact) mass is 765 g/mol. The van der Waals surface area contributed by atoms with Gasteiger partial charge in [0.05, 0.1) is 33.0 Å². The number of benzene rings is 9. The van der Waals surface area contributed by atoms with Gasteiger partial charge in [0.15, 0.2) is 0 Å². The first kappa shape index (κ1) is 32.9. The highest BCUT2D eigenvalue weighted by atomic mass is 16.3. The van der Waals surface area contributed by atoms with Crippen molar-refractivity contribution in [3.63, 3.8) is 0 Å². The second kappa shape index (κ2) is 12.7. The van der Waals surface area contributed by atoms with Gasteiger partial charge in [0, 0.05) is 49.4 Å². The van der Waals surface area contributed by atoms with Crippen LogP contribution < -0.4 is 0 Å². The van der Waals surface area contributed by atoms with Gasteiger partial charge in [-0.25, -0.2) is 0 Å². The van der Waals surface area contributed by atoms with E-state index >= 15 is 0 Å². The van der Waals surface area contributed by atoms with E-state index in [0.717, 1.165) is 44.5 Å². The van der Waals surface area contributed by atoms with E-state index in [4.69, 9.17) is 4.42 Å². The lowest BCUT2D eigenvalue weighted by atomic mass is 9.98. The summed E-state index contributed by atoms with van der Waals surface area (Å²) in [4.78, 5) is 0. The summed E-state index contributed by atoms with van der Waals surface area (Å²) in [5.41, 5.74) is 15.8. The first-order chi connectivity index (χ1) is 29.8. The molecular formula is C56H35N3O. The van der Waals surface area contributed by atoms with Gasteiger partial charge < -0.3 is 13.6 Å². The standard InChI is InChI=1S/C56H35N3O/c1-3-14-39(15-4-1)57-48-22-10-7-18-43(48)46-34-37(28-32-50(46)57)38-29-33-51-47(35-38)44-19-8-11-23-49(44)58(51)41-30-26-36(27-31-41)42-21-13-24-52-54(42)55-45-20-9-12-25-53(45)60-56(55)59(52)40-16-5-2-6-17-40/h1-35H. The van der Waals surface area contributed by atoms with Crippen molar-refractivity contribution >= 4 is 76.6 Å². The van der Waals surface area contributed by atoms with Gasteiger partial charge in [0.25, 0.3) is 0 Å². The molecule has 9 aromatic carbocycles. The first-order valence-corrected chi connectivity index (χ1v) is 20.5. The number of aromatic nitrogens is 3. The highest BCUT2D eigenvalue weighted by molar-refractivity contribution is 6.24. The summed E-state index contributed by atoms with van der Waals surface area (Å²) in [7, 11) is 0. The van der Waals surface area contributed by atoms with Crippen molar-refractivity contribution in [2.75, 3.05) is 0 Å². The van der Waals surface area contributed by atoms with Gasteiger partial charge in [0.2, 0.25) is 5.71 Å². The maximum absolute atomic E-state index is 6.61. The molecule has 4 aromatic heterocycles. The summed E-state index contributed by atoms with van der Waals surface area (Å²) >= 11 is 0. The zero-order valence-corrected chi connectivity index (χ0v) is 32.5. The Balaban J connectivity index is 0.945. The first-order valence-electron chi connectivity index (χ1n) is 20.5. The third-order valence-electron chi connectivity index (χ3n) is 12.5. The zero-order valence-electron chi connectivity index (χ0n) is 32.5. The van der Waals surface area contributed by atoms with Crippen LogP contribution in [-0.2, 0) is 0 Å². The number of hydrogen-bond acceptors (Lipinski definition) is 1. The minimum Gasteiger partial charge on any atom is -0.439 e. The second-order valence-electron chi connectivity index (χ2n) is 15.7. The van der Waals surface area contributed by atoms with Gasteiger partial charge in [-0.15, -0.1) is 0 Å². The number of para-hydroxylation sites is 5. The molecule has 0 aliphatic heterocycles. The van der Waals surface area contributed by atoms with E-state index in [1.165, 1.54) is 71.4 Å². The van der Waals surface area contributed by atoms with Crippen LogP contribution >= 0.6 is 0 Å². The van der Waals surface area contributed by atoms with Crippen LogP contribution in [0.3, 0.4) is 0 Å². The fraction of sp³-hybridized carbons (Fsp3) is 0. The molecule has 0 fully saturated rings. The van der Waals surface area contributed by atoms with E-state index in [-0.39, 0.29) is 0 Å². The average molecular weight is 766 g/mol. The Bertz CT molecular complexity index is 3810. The molecule has 0 N–H and O–H groups in total. The Labute approximate surface area is 345 Å². The van der Waals surface area contributed by atoms with Crippen molar-refractivity contribution < 1.29 is 4.42 Å². The molecule has 0 radical (unpaired) electrons. The number of furan rings is 1. The molecule has 0 aliphatic carbocycles. The minimum absolute atomic E-state index is 0.866. The maximum Gasteiger partial charge on any atom is 0.213 e. The molecule has 0 amide bonds. The molecule has 4 nitrogen and oxygen atoms in total. The molecule has 0 bridgehead atoms. The minimum atomic E-state index is 0.866. The molecule has 4 heteroatoms. The molecular weight excluding hydrogens is 731 g/mol. The molecule has 4 heterocycles. The molecule has 0 spiro atoms. The van der Waals surface area contributed by atoms with E-state index in [9.17, 15) is 0 Å². The van der Waals surface area contributed by atoms with Gasteiger partial charge >= 0.3 is 0 Å². The highest BCUT2D eigenvalue weighted by Crippen LogP contribution is 2.44. The number of rotatable bonds is 5. The summed E-state index contributed by atoms with van der Waals surface area (Å²) in [6.07, 6.45) is 0. The lowest BCUT2D eigenvalue weighted by molar-refractivity contribution is 0.645. The Morgan fingerprint density at radius 1 is 0.283 bits per heavy atom. The van der Waals surface area contributed by atoms with E-state index in [0.29, 0.717) is 0 Å². The van der Waals surface area contributed by atoms with Crippen molar-refractivity contribution in [1.82, 2.24) is 13.7 Å². The van der Waals surface area contributed by atoms with Crippen molar-refractivity contribution in [2.24, 2.45) is 0 Å². The molecule has 0 unspecified atom stereocenters. The largest absolute Gasteiger partial charge is 0.439 e. The Hall–Kier alpha value is -8.08. The fourth-order valence-corrected chi connectivity index (χ4v) is 9.83. The predicted molar refractivity (Wildman–Crippen MR) is 250 cm³/mol. The maximum atomic E-state index is 6.61. The van der Waals surface area contributed by atoms with Gasteiger partial charge in [-0.2, -0.15) is 0 Å². The number of hydrogen-bond donors (Lipinski definition) is 0. The predicted octanol–water partition coefficient (Wildman–Crippen LogP) is 15.1. The summed E-state index contributed by atoms with van der Waals surface area (Å²) < 4.78 is 13.7. The van der Waals surface area contributed by atoms with E-state index in [1.807, 2.05) is 6.07 Å². The molecule has 280 valence electrons. The molecule has 13 rings (SSSR count). The zero-order chi connectivity index (χ0) is 39.3. The van der Waals surface area contributed by atoms with Crippen LogP contribution in [0.2, 0.25) is 0 Å². The lowest BCUT2D eigenvalue weighted by Gasteiger charge is -2.11. The molecule has 0 saturated heterocycles. The Morgan fingerprint density at radius 3 is 1.37 bits per heavy atom. The van der Waals surface area contributed by atoms with Crippen molar-refractivity contribution in [2.45, 2.75) is 0 Å². The van der Waals surface area contributed by atoms with Gasteiger partial charge in [-0.1, -0.05) is 127 Å². The van der Waals surface area contributed by atoms with Crippen molar-refractivity contribution in [3.05, 3.63) is 212 Å². The SMILES string of the molecule is c1ccc(-n2c3ccccc3c3cc(-c4ccc5c(c4)c4ccccc4n5-c4ccc(-c5cccc6c5c5c7ccccc7oc5n6-c5ccccc5)cc4)ccc32)cc1. The molecule has 0 atom stereocenters. The van der Waals surface area contributed by atoms with Crippen LogP contribution in [0.4, 0.5) is 0 Å². The van der Waals surface area contributed by atoms with Crippen molar-refractivity contribution in [3.8, 4) is 39.3 Å². The smallest absolute Gasteiger partial charge is 0.213 e. The van der Waals surface area contributed by atoms with Gasteiger partial charge in [-0.3, -0.25) is 4.57 Å². The Kier molecular flexibility index (Phi) is 6.98. The molecule has 0 saturated carbocycles. The van der Waals surface area contributed by atoms with E-state index in [1.54, 1.807) is 0 Å². The van der Waals surface area contributed by atoms with Crippen LogP contribution in [-0.4, -0.2) is 13.7 Å². The van der Waals surface area contributed by atoms with Crippen LogP contribution in [0.15, 0.2) is 217 Å². The summed E-state index contributed by atoms with van der Waals surface area (Å²) in [5.74, 6) is 0. The van der Waals surface area contributed by atoms with Gasteiger partial charge in [0.1, 0.15) is 5.58 Å². The third-order valence-corrected chi connectivity index (χ3v) is 12.5. The van der Waals surface area contributed by atoms with Crippen LogP contribution in [0.5, 0.6) is 0 Å². The topological polar surface area (TPSA) is 27.9 Å². The summed E-state index contributed by atoms with van der Waals surface area (Å²) in [6, 6.07) is 76.6. The molecule has 60 heavy (non-hydrogen) atoms. The van der Waals surface area contributed by atoms with Crippen molar-refractivity contribution in [1.29, 1.82) is 0 Å².